The maximum atomic E-state index is 10.7. The highest BCUT2D eigenvalue weighted by Crippen LogP contribution is 2.22. The van der Waals surface area contributed by atoms with Crippen LogP contribution in [0.3, 0.4) is 0 Å². The fourth-order valence-corrected chi connectivity index (χ4v) is 2.57. The van der Waals surface area contributed by atoms with Crippen molar-refractivity contribution in [3.8, 4) is 0 Å². The third kappa shape index (κ3) is 4.70. The second-order valence-corrected chi connectivity index (χ2v) is 5.95. The highest BCUT2D eigenvalue weighted by Gasteiger charge is 2.17. The molecule has 1 unspecified atom stereocenters. The average Bonchev–Trinajstić information content (AvgIpc) is 2.79. The molecule has 1 aromatic rings. The minimum atomic E-state index is -0.837. The summed E-state index contributed by atoms with van der Waals surface area (Å²) in [4.78, 5) is 12.8. The minimum absolute atomic E-state index is 0.0108. The first-order valence-corrected chi connectivity index (χ1v) is 7.97. The molecule has 7 heteroatoms. The van der Waals surface area contributed by atoms with Gasteiger partial charge >= 0.3 is 5.97 Å². The molecular weight excluding hydrogens is 276 g/mol. The molecule has 1 atom stereocenters. The van der Waals surface area contributed by atoms with E-state index < -0.39 is 5.97 Å². The Morgan fingerprint density at radius 3 is 2.70 bits per heavy atom. The van der Waals surface area contributed by atoms with Crippen molar-refractivity contribution in [1.82, 2.24) is 14.8 Å². The van der Waals surface area contributed by atoms with Gasteiger partial charge in [-0.1, -0.05) is 39.0 Å². The quantitative estimate of drug-likeness (QED) is 0.706. The second-order valence-electron chi connectivity index (χ2n) is 5.01. The molecule has 0 aliphatic carbocycles. The van der Waals surface area contributed by atoms with Crippen molar-refractivity contribution in [2.24, 2.45) is 5.92 Å². The summed E-state index contributed by atoms with van der Waals surface area (Å²) in [5.74, 6) is 0.578. The van der Waals surface area contributed by atoms with Gasteiger partial charge in [-0.05, 0) is 12.3 Å². The van der Waals surface area contributed by atoms with Crippen molar-refractivity contribution in [2.45, 2.75) is 45.3 Å². The van der Waals surface area contributed by atoms with Gasteiger partial charge in [0.15, 0.2) is 5.16 Å². The van der Waals surface area contributed by atoms with Crippen molar-refractivity contribution in [3.05, 3.63) is 0 Å². The fraction of sp³-hybridized carbons (Fsp3) is 0.769. The molecular formula is C13H24N4O2S. The van der Waals surface area contributed by atoms with Crippen LogP contribution in [0, 0.1) is 5.92 Å². The normalized spacial score (nSPS) is 12.4. The van der Waals surface area contributed by atoms with Gasteiger partial charge in [-0.2, -0.15) is 0 Å². The Labute approximate surface area is 124 Å². The zero-order valence-corrected chi connectivity index (χ0v) is 13.5. The summed E-state index contributed by atoms with van der Waals surface area (Å²) in [6, 6.07) is 0. The Hall–Kier alpha value is -1.24. The second kappa shape index (κ2) is 8.14. The average molecular weight is 300 g/mol. The molecule has 0 spiro atoms. The molecule has 0 bridgehead atoms. The maximum absolute atomic E-state index is 10.7. The van der Waals surface area contributed by atoms with Crippen LogP contribution in [0.1, 0.15) is 33.6 Å². The van der Waals surface area contributed by atoms with Crippen LogP contribution < -0.4 is 4.90 Å². The monoisotopic (exact) mass is 300 g/mol. The summed E-state index contributed by atoms with van der Waals surface area (Å²) < 4.78 is 2.01. The van der Waals surface area contributed by atoms with E-state index in [1.807, 2.05) is 11.6 Å². The van der Waals surface area contributed by atoms with Crippen LogP contribution in [0.4, 0.5) is 5.95 Å². The molecule has 1 aromatic heterocycles. The molecule has 1 N–H and O–H groups in total. The third-order valence-electron chi connectivity index (χ3n) is 3.09. The number of carboxylic acids is 1. The lowest BCUT2D eigenvalue weighted by molar-refractivity contribution is -0.133. The molecule has 0 aliphatic rings. The van der Waals surface area contributed by atoms with Crippen LogP contribution in [-0.2, 0) is 11.3 Å². The van der Waals surface area contributed by atoms with Gasteiger partial charge in [0, 0.05) is 20.1 Å². The number of carbonyl (C=O) groups is 1. The van der Waals surface area contributed by atoms with Gasteiger partial charge in [-0.3, -0.25) is 9.36 Å². The summed E-state index contributed by atoms with van der Waals surface area (Å²) in [6.07, 6.45) is 2.08. The Bertz CT molecular complexity index is 436. The van der Waals surface area contributed by atoms with Gasteiger partial charge in [0.05, 0.1) is 5.75 Å². The van der Waals surface area contributed by atoms with E-state index in [1.165, 1.54) is 11.8 Å². The molecule has 0 saturated heterocycles. The van der Waals surface area contributed by atoms with Crippen LogP contribution in [0.5, 0.6) is 0 Å². The molecule has 1 heterocycles. The van der Waals surface area contributed by atoms with Crippen molar-refractivity contribution in [2.75, 3.05) is 24.2 Å². The number of hydrogen-bond donors (Lipinski definition) is 1. The molecule has 0 fully saturated rings. The topological polar surface area (TPSA) is 71.2 Å². The van der Waals surface area contributed by atoms with E-state index >= 15 is 0 Å². The predicted octanol–water partition coefficient (Wildman–Crippen LogP) is 2.35. The molecule has 20 heavy (non-hydrogen) atoms. The van der Waals surface area contributed by atoms with Crippen molar-refractivity contribution >= 4 is 23.7 Å². The van der Waals surface area contributed by atoms with Gasteiger partial charge in [-0.25, -0.2) is 0 Å². The zero-order valence-electron chi connectivity index (χ0n) is 12.7. The number of carboxylic acid groups (broad SMARTS) is 1. The first-order chi connectivity index (χ1) is 9.49. The van der Waals surface area contributed by atoms with Gasteiger partial charge in [0.25, 0.3) is 0 Å². The molecule has 114 valence electrons. The number of thioether (sulfide) groups is 1. The zero-order chi connectivity index (χ0) is 15.1. The number of anilines is 1. The van der Waals surface area contributed by atoms with E-state index in [1.54, 1.807) is 0 Å². The standard InChI is InChI=1S/C13H24N4O2S/c1-5-7-17-12(16(4)8-10(3)6-2)14-15-13(17)20-9-11(18)19/h10H,5-9H2,1-4H3,(H,18,19). The lowest BCUT2D eigenvalue weighted by atomic mass is 10.1. The minimum Gasteiger partial charge on any atom is -0.481 e. The largest absolute Gasteiger partial charge is 0.481 e. The Kier molecular flexibility index (Phi) is 6.84. The van der Waals surface area contributed by atoms with Crippen molar-refractivity contribution < 1.29 is 9.90 Å². The Balaban J connectivity index is 2.86. The van der Waals surface area contributed by atoms with Crippen LogP contribution in [0.2, 0.25) is 0 Å². The van der Waals surface area contributed by atoms with Crippen LogP contribution in [0.25, 0.3) is 0 Å². The highest BCUT2D eigenvalue weighted by molar-refractivity contribution is 7.99. The summed E-state index contributed by atoms with van der Waals surface area (Å²) in [5.41, 5.74) is 0. The highest BCUT2D eigenvalue weighted by atomic mass is 32.2. The Morgan fingerprint density at radius 2 is 2.15 bits per heavy atom. The first kappa shape index (κ1) is 16.8. The maximum Gasteiger partial charge on any atom is 0.313 e. The molecule has 0 aromatic carbocycles. The number of nitrogens with zero attached hydrogens (tertiary/aromatic N) is 4. The summed E-state index contributed by atoms with van der Waals surface area (Å²) >= 11 is 1.22. The molecule has 1 rings (SSSR count). The van der Waals surface area contributed by atoms with Crippen LogP contribution in [-0.4, -0.2) is 45.2 Å². The molecule has 0 amide bonds. The molecule has 0 saturated carbocycles. The van der Waals surface area contributed by atoms with Crippen LogP contribution in [0.15, 0.2) is 5.16 Å². The van der Waals surface area contributed by atoms with E-state index in [2.05, 4.69) is 35.9 Å². The number of rotatable bonds is 9. The van der Waals surface area contributed by atoms with E-state index in [0.29, 0.717) is 11.1 Å². The molecule has 0 aliphatic heterocycles. The van der Waals surface area contributed by atoms with Gasteiger partial charge < -0.3 is 10.0 Å². The summed E-state index contributed by atoms with van der Waals surface area (Å²) in [6.45, 7) is 8.18. The van der Waals surface area contributed by atoms with Gasteiger partial charge in [0.2, 0.25) is 5.95 Å². The van der Waals surface area contributed by atoms with Gasteiger partial charge in [0.1, 0.15) is 0 Å². The van der Waals surface area contributed by atoms with E-state index in [-0.39, 0.29) is 5.75 Å². The SMILES string of the molecule is CCCn1c(SCC(=O)O)nnc1N(C)CC(C)CC. The molecule has 6 nitrogen and oxygen atoms in total. The predicted molar refractivity (Wildman–Crippen MR) is 81.4 cm³/mol. The lowest BCUT2D eigenvalue weighted by Gasteiger charge is -2.22. The Morgan fingerprint density at radius 1 is 1.45 bits per heavy atom. The first-order valence-electron chi connectivity index (χ1n) is 6.98. The summed E-state index contributed by atoms with van der Waals surface area (Å²) in [7, 11) is 2.01. The van der Waals surface area contributed by atoms with Crippen LogP contribution >= 0.6 is 11.8 Å². The van der Waals surface area contributed by atoms with E-state index in [0.717, 1.165) is 31.9 Å². The summed E-state index contributed by atoms with van der Waals surface area (Å²) in [5, 5.41) is 17.8. The van der Waals surface area contributed by atoms with E-state index in [9.17, 15) is 4.79 Å². The smallest absolute Gasteiger partial charge is 0.313 e. The number of hydrogen-bond acceptors (Lipinski definition) is 5. The lowest BCUT2D eigenvalue weighted by Crippen LogP contribution is -2.26. The van der Waals surface area contributed by atoms with Gasteiger partial charge in [-0.15, -0.1) is 10.2 Å². The van der Waals surface area contributed by atoms with E-state index in [4.69, 9.17) is 5.11 Å². The molecule has 0 radical (unpaired) electrons. The fourth-order valence-electron chi connectivity index (χ4n) is 1.89. The third-order valence-corrected chi connectivity index (χ3v) is 4.04. The van der Waals surface area contributed by atoms with Crippen molar-refractivity contribution in [3.63, 3.8) is 0 Å². The number of aromatic nitrogens is 3. The number of aliphatic carboxylic acids is 1. The van der Waals surface area contributed by atoms with Crippen molar-refractivity contribution in [1.29, 1.82) is 0 Å².